The molecule has 0 radical (unpaired) electrons. The highest BCUT2D eigenvalue weighted by Gasteiger charge is 2.41. The van der Waals surface area contributed by atoms with Gasteiger partial charge in [0.25, 0.3) is 0 Å². The molecule has 1 unspecified atom stereocenters. The van der Waals surface area contributed by atoms with Crippen molar-refractivity contribution in [2.45, 2.75) is 50.1 Å². The minimum atomic E-state index is 0.0916. The molecule has 1 saturated carbocycles. The molecule has 1 aliphatic carbocycles. The second-order valence-corrected chi connectivity index (χ2v) is 5.80. The Morgan fingerprint density at radius 1 is 1.26 bits per heavy atom. The molecular formula is C15H26N4. The Balaban J connectivity index is 2.35. The van der Waals surface area contributed by atoms with Gasteiger partial charge in [0.2, 0.25) is 0 Å². The topological polar surface area (TPSA) is 54.2 Å². The molecule has 4 nitrogen and oxygen atoms in total. The summed E-state index contributed by atoms with van der Waals surface area (Å²) in [5.41, 5.74) is 4.33. The third kappa shape index (κ3) is 2.96. The van der Waals surface area contributed by atoms with Crippen molar-refractivity contribution in [3.8, 4) is 0 Å². The molecule has 0 aromatic carbocycles. The summed E-state index contributed by atoms with van der Waals surface area (Å²) in [6.07, 6.45) is 11.3. The van der Waals surface area contributed by atoms with Crippen LogP contribution in [0.3, 0.4) is 0 Å². The third-order valence-electron chi connectivity index (χ3n) is 4.58. The van der Waals surface area contributed by atoms with Crippen molar-refractivity contribution in [3.05, 3.63) is 30.1 Å². The van der Waals surface area contributed by atoms with Gasteiger partial charge in [0.1, 0.15) is 0 Å². The third-order valence-corrected chi connectivity index (χ3v) is 4.58. The van der Waals surface area contributed by atoms with Gasteiger partial charge in [-0.2, -0.15) is 0 Å². The molecule has 1 atom stereocenters. The Labute approximate surface area is 116 Å². The lowest BCUT2D eigenvalue weighted by Gasteiger charge is -2.45. The number of hydrogen-bond donors (Lipinski definition) is 2. The molecule has 1 aromatic rings. The summed E-state index contributed by atoms with van der Waals surface area (Å²) < 4.78 is 0. The van der Waals surface area contributed by atoms with Crippen molar-refractivity contribution in [1.82, 2.24) is 15.3 Å². The first-order chi connectivity index (χ1) is 9.20. The maximum atomic E-state index is 5.91. The van der Waals surface area contributed by atoms with Crippen LogP contribution in [0.4, 0.5) is 0 Å². The maximum absolute atomic E-state index is 5.91. The number of aromatic nitrogens is 1. The lowest BCUT2D eigenvalue weighted by Crippen LogP contribution is -2.55. The fourth-order valence-electron chi connectivity index (χ4n) is 3.44. The van der Waals surface area contributed by atoms with Gasteiger partial charge in [0.05, 0.1) is 6.04 Å². The van der Waals surface area contributed by atoms with E-state index in [9.17, 15) is 0 Å². The predicted molar refractivity (Wildman–Crippen MR) is 78.4 cm³/mol. The second-order valence-electron chi connectivity index (χ2n) is 5.80. The molecule has 0 saturated heterocycles. The molecule has 3 N–H and O–H groups in total. The van der Waals surface area contributed by atoms with Crippen molar-refractivity contribution < 1.29 is 0 Å². The minimum absolute atomic E-state index is 0.0916. The number of nitrogens with one attached hydrogen (secondary N) is 1. The molecule has 106 valence electrons. The van der Waals surface area contributed by atoms with Crippen LogP contribution < -0.4 is 11.3 Å². The minimum Gasteiger partial charge on any atom is -0.302 e. The summed E-state index contributed by atoms with van der Waals surface area (Å²) in [6.45, 7) is 0. The van der Waals surface area contributed by atoms with Crippen molar-refractivity contribution in [2.75, 3.05) is 14.1 Å². The number of hydrogen-bond acceptors (Lipinski definition) is 4. The van der Waals surface area contributed by atoms with Crippen molar-refractivity contribution in [2.24, 2.45) is 5.84 Å². The summed E-state index contributed by atoms with van der Waals surface area (Å²) in [6, 6.07) is 4.24. The average molecular weight is 262 g/mol. The van der Waals surface area contributed by atoms with Crippen LogP contribution in [0.1, 0.15) is 50.1 Å². The normalized spacial score (nSPS) is 21.1. The number of nitrogens with zero attached hydrogens (tertiary/aromatic N) is 2. The number of likely N-dealkylation sites (N-methyl/N-ethyl adjacent to an activating group) is 1. The lowest BCUT2D eigenvalue weighted by atomic mass is 9.79. The average Bonchev–Trinajstić information content (AvgIpc) is 2.68. The van der Waals surface area contributed by atoms with E-state index >= 15 is 0 Å². The van der Waals surface area contributed by atoms with E-state index in [4.69, 9.17) is 5.84 Å². The molecule has 4 heteroatoms. The number of rotatable bonds is 4. The molecule has 0 amide bonds. The zero-order valence-electron chi connectivity index (χ0n) is 12.1. The van der Waals surface area contributed by atoms with Crippen LogP contribution in [0.15, 0.2) is 24.5 Å². The molecule has 0 bridgehead atoms. The maximum Gasteiger partial charge on any atom is 0.0658 e. The quantitative estimate of drug-likeness (QED) is 0.496. The van der Waals surface area contributed by atoms with E-state index in [0.29, 0.717) is 0 Å². The highest BCUT2D eigenvalue weighted by atomic mass is 15.3. The highest BCUT2D eigenvalue weighted by molar-refractivity contribution is 5.20. The predicted octanol–water partition coefficient (Wildman–Crippen LogP) is 2.24. The number of hydrazine groups is 1. The van der Waals surface area contributed by atoms with Crippen LogP contribution in [0, 0.1) is 0 Å². The van der Waals surface area contributed by atoms with Gasteiger partial charge in [-0.1, -0.05) is 31.7 Å². The van der Waals surface area contributed by atoms with Crippen LogP contribution >= 0.6 is 0 Å². The standard InChI is InChI=1S/C15H26N4/c1-19(2)15(9-5-3-4-6-10-15)14(18-16)13-8-7-11-17-12-13/h7-8,11-12,14,18H,3-6,9-10,16H2,1-2H3. The van der Waals surface area contributed by atoms with Crippen LogP contribution in [-0.4, -0.2) is 29.5 Å². The fraction of sp³-hybridized carbons (Fsp3) is 0.667. The summed E-state index contributed by atoms with van der Waals surface area (Å²) in [5, 5.41) is 0. The van der Waals surface area contributed by atoms with E-state index in [1.165, 1.54) is 44.1 Å². The molecular weight excluding hydrogens is 236 g/mol. The van der Waals surface area contributed by atoms with Crippen molar-refractivity contribution in [3.63, 3.8) is 0 Å². The summed E-state index contributed by atoms with van der Waals surface area (Å²) in [5.74, 6) is 5.91. The largest absolute Gasteiger partial charge is 0.302 e. The van der Waals surface area contributed by atoms with Gasteiger partial charge in [0, 0.05) is 17.9 Å². The first kappa shape index (κ1) is 14.4. The van der Waals surface area contributed by atoms with Crippen molar-refractivity contribution in [1.29, 1.82) is 0 Å². The summed E-state index contributed by atoms with van der Waals surface area (Å²) in [4.78, 5) is 6.61. The fourth-order valence-corrected chi connectivity index (χ4v) is 3.44. The Morgan fingerprint density at radius 2 is 1.95 bits per heavy atom. The molecule has 1 fully saturated rings. The molecule has 0 spiro atoms. The van der Waals surface area contributed by atoms with Gasteiger partial charge >= 0.3 is 0 Å². The van der Waals surface area contributed by atoms with Gasteiger partial charge in [-0.25, -0.2) is 0 Å². The molecule has 2 rings (SSSR count). The summed E-state index contributed by atoms with van der Waals surface area (Å²) in [7, 11) is 4.35. The van der Waals surface area contributed by atoms with Crippen LogP contribution in [0.5, 0.6) is 0 Å². The highest BCUT2D eigenvalue weighted by Crippen LogP contribution is 2.40. The van der Waals surface area contributed by atoms with Crippen LogP contribution in [0.2, 0.25) is 0 Å². The van der Waals surface area contributed by atoms with E-state index in [0.717, 1.165) is 0 Å². The molecule has 1 aromatic heterocycles. The number of pyridine rings is 1. The van der Waals surface area contributed by atoms with E-state index in [2.05, 4.69) is 35.5 Å². The molecule has 1 aliphatic rings. The van der Waals surface area contributed by atoms with Crippen molar-refractivity contribution >= 4 is 0 Å². The van der Waals surface area contributed by atoms with Crippen LogP contribution in [0.25, 0.3) is 0 Å². The van der Waals surface area contributed by atoms with Gasteiger partial charge < -0.3 is 4.90 Å². The Bertz CT molecular complexity index is 369. The Hall–Kier alpha value is -0.970. The van der Waals surface area contributed by atoms with E-state index < -0.39 is 0 Å². The number of nitrogens with two attached hydrogens (primary N) is 1. The van der Waals surface area contributed by atoms with E-state index in [1.807, 2.05) is 18.5 Å². The second kappa shape index (κ2) is 6.46. The first-order valence-electron chi connectivity index (χ1n) is 7.24. The van der Waals surface area contributed by atoms with E-state index in [1.54, 1.807) is 0 Å². The van der Waals surface area contributed by atoms with E-state index in [-0.39, 0.29) is 11.6 Å². The van der Waals surface area contributed by atoms with Gasteiger partial charge in [-0.15, -0.1) is 0 Å². The SMILES string of the molecule is CN(C)C1(C(NN)c2cccnc2)CCCCCC1. The first-order valence-corrected chi connectivity index (χ1v) is 7.24. The lowest BCUT2D eigenvalue weighted by molar-refractivity contribution is 0.0799. The van der Waals surface area contributed by atoms with Gasteiger partial charge in [-0.05, 0) is 38.6 Å². The van der Waals surface area contributed by atoms with Crippen LogP contribution in [-0.2, 0) is 0 Å². The zero-order valence-corrected chi connectivity index (χ0v) is 12.1. The molecule has 0 aliphatic heterocycles. The molecule has 1 heterocycles. The monoisotopic (exact) mass is 262 g/mol. The molecule has 19 heavy (non-hydrogen) atoms. The van der Waals surface area contributed by atoms with Gasteiger partial charge in [-0.3, -0.25) is 16.3 Å². The smallest absolute Gasteiger partial charge is 0.0658 e. The summed E-state index contributed by atoms with van der Waals surface area (Å²) >= 11 is 0. The van der Waals surface area contributed by atoms with Gasteiger partial charge in [0.15, 0.2) is 0 Å². The Kier molecular flexibility index (Phi) is 4.91. The zero-order chi connectivity index (χ0) is 13.7. The Morgan fingerprint density at radius 3 is 2.42 bits per heavy atom.